The van der Waals surface area contributed by atoms with Crippen molar-refractivity contribution in [2.24, 2.45) is 5.73 Å². The van der Waals surface area contributed by atoms with Gasteiger partial charge in [-0.2, -0.15) is 0 Å². The monoisotopic (exact) mass is 192 g/mol. The van der Waals surface area contributed by atoms with Gasteiger partial charge in [0.05, 0.1) is 37.0 Å². The molecular weight excluding hydrogens is 176 g/mol. The molecule has 0 radical (unpaired) electrons. The van der Waals surface area contributed by atoms with Crippen molar-refractivity contribution in [2.45, 2.75) is 30.4 Å². The fourth-order valence-corrected chi connectivity index (χ4v) is 1.39. The van der Waals surface area contributed by atoms with Crippen LogP contribution in [-0.4, -0.2) is 64.0 Å². The van der Waals surface area contributed by atoms with Crippen LogP contribution in [0.1, 0.15) is 0 Å². The summed E-state index contributed by atoms with van der Waals surface area (Å²) >= 11 is 0. The summed E-state index contributed by atoms with van der Waals surface area (Å²) in [4.78, 5) is 0. The van der Waals surface area contributed by atoms with Gasteiger partial charge in [0.15, 0.2) is 0 Å². The first-order valence-electron chi connectivity index (χ1n) is 4.22. The van der Waals surface area contributed by atoms with Gasteiger partial charge in [-0.1, -0.05) is 0 Å². The molecule has 1 heterocycles. The standard InChI is InChI=1S/C7H16N2O4/c8-5-4(11)1-9-3(2-10)6(12)7(5)13/h3-7,9-13H,1-2,8H2/t3-,4+,5-,6-,7-/m1/s1. The third-order valence-corrected chi connectivity index (χ3v) is 2.39. The summed E-state index contributed by atoms with van der Waals surface area (Å²) in [6.07, 6.45) is -3.29. The first-order valence-corrected chi connectivity index (χ1v) is 4.22. The van der Waals surface area contributed by atoms with Crippen LogP contribution >= 0.6 is 0 Å². The second kappa shape index (κ2) is 4.32. The molecule has 78 valence electrons. The first-order chi connectivity index (χ1) is 6.07. The van der Waals surface area contributed by atoms with Crippen molar-refractivity contribution >= 4 is 0 Å². The Balaban J connectivity index is 2.69. The van der Waals surface area contributed by atoms with Gasteiger partial charge in [0.1, 0.15) is 0 Å². The highest BCUT2D eigenvalue weighted by Crippen LogP contribution is 2.10. The fraction of sp³-hybridized carbons (Fsp3) is 1.00. The molecule has 1 aliphatic heterocycles. The van der Waals surface area contributed by atoms with Crippen molar-refractivity contribution in [3.63, 3.8) is 0 Å². The SMILES string of the molecule is N[C@H]1[C@@H](O)[C@H](O)[C@@H](CO)NC[C@@H]1O. The lowest BCUT2D eigenvalue weighted by molar-refractivity contribution is -0.0310. The number of rotatable bonds is 1. The molecule has 0 aromatic rings. The van der Waals surface area contributed by atoms with Crippen LogP contribution in [-0.2, 0) is 0 Å². The molecule has 0 saturated carbocycles. The fourth-order valence-electron chi connectivity index (χ4n) is 1.39. The Bertz CT molecular complexity index is 167. The highest BCUT2D eigenvalue weighted by Gasteiger charge is 2.36. The summed E-state index contributed by atoms with van der Waals surface area (Å²) in [5.74, 6) is 0. The Morgan fingerprint density at radius 1 is 1.23 bits per heavy atom. The van der Waals surface area contributed by atoms with E-state index in [2.05, 4.69) is 5.32 Å². The number of hydrogen-bond acceptors (Lipinski definition) is 6. The topological polar surface area (TPSA) is 119 Å². The van der Waals surface area contributed by atoms with Gasteiger partial charge in [0, 0.05) is 6.54 Å². The number of nitrogens with one attached hydrogen (secondary N) is 1. The maximum atomic E-state index is 9.44. The van der Waals surface area contributed by atoms with Gasteiger partial charge in [-0.25, -0.2) is 0 Å². The largest absolute Gasteiger partial charge is 0.395 e. The molecule has 1 aliphatic rings. The summed E-state index contributed by atoms with van der Waals surface area (Å²) in [5, 5.41) is 39.7. The predicted octanol–water partition coefficient (Wildman–Crippen LogP) is -3.64. The smallest absolute Gasteiger partial charge is 0.0991 e. The van der Waals surface area contributed by atoms with E-state index < -0.39 is 30.4 Å². The van der Waals surface area contributed by atoms with E-state index in [-0.39, 0.29) is 13.2 Å². The maximum Gasteiger partial charge on any atom is 0.0991 e. The molecule has 13 heavy (non-hydrogen) atoms. The van der Waals surface area contributed by atoms with Crippen molar-refractivity contribution in [1.29, 1.82) is 0 Å². The Morgan fingerprint density at radius 2 is 1.85 bits per heavy atom. The van der Waals surface area contributed by atoms with Crippen LogP contribution in [0.3, 0.4) is 0 Å². The molecule has 0 amide bonds. The third-order valence-electron chi connectivity index (χ3n) is 2.39. The summed E-state index contributed by atoms with van der Waals surface area (Å²) < 4.78 is 0. The number of aliphatic hydroxyl groups excluding tert-OH is 4. The molecule has 0 unspecified atom stereocenters. The van der Waals surface area contributed by atoms with E-state index >= 15 is 0 Å². The zero-order chi connectivity index (χ0) is 10.0. The van der Waals surface area contributed by atoms with Crippen LogP contribution in [0.5, 0.6) is 0 Å². The molecule has 0 aromatic carbocycles. The summed E-state index contributed by atoms with van der Waals surface area (Å²) in [7, 11) is 0. The predicted molar refractivity (Wildman–Crippen MR) is 44.9 cm³/mol. The van der Waals surface area contributed by atoms with Crippen molar-refractivity contribution in [3.05, 3.63) is 0 Å². The third kappa shape index (κ3) is 2.16. The van der Waals surface area contributed by atoms with Gasteiger partial charge >= 0.3 is 0 Å². The van der Waals surface area contributed by atoms with Crippen LogP contribution in [0, 0.1) is 0 Å². The van der Waals surface area contributed by atoms with E-state index in [1.54, 1.807) is 0 Å². The van der Waals surface area contributed by atoms with Crippen molar-refractivity contribution in [3.8, 4) is 0 Å². The van der Waals surface area contributed by atoms with E-state index in [9.17, 15) is 15.3 Å². The molecule has 1 saturated heterocycles. The zero-order valence-corrected chi connectivity index (χ0v) is 7.17. The van der Waals surface area contributed by atoms with Crippen LogP contribution in [0.15, 0.2) is 0 Å². The molecule has 6 heteroatoms. The van der Waals surface area contributed by atoms with Gasteiger partial charge in [-0.05, 0) is 0 Å². The van der Waals surface area contributed by atoms with Crippen LogP contribution in [0.25, 0.3) is 0 Å². The van der Waals surface area contributed by atoms with Gasteiger partial charge in [-0.15, -0.1) is 0 Å². The molecule has 0 bridgehead atoms. The molecule has 5 atom stereocenters. The highest BCUT2D eigenvalue weighted by molar-refractivity contribution is 4.95. The van der Waals surface area contributed by atoms with Crippen LogP contribution < -0.4 is 11.1 Å². The minimum Gasteiger partial charge on any atom is -0.395 e. The van der Waals surface area contributed by atoms with E-state index in [0.29, 0.717) is 0 Å². The molecule has 6 nitrogen and oxygen atoms in total. The van der Waals surface area contributed by atoms with E-state index in [1.807, 2.05) is 0 Å². The van der Waals surface area contributed by atoms with E-state index in [0.717, 1.165) is 0 Å². The second-order valence-electron chi connectivity index (χ2n) is 3.32. The van der Waals surface area contributed by atoms with Crippen molar-refractivity contribution < 1.29 is 20.4 Å². The summed E-state index contributed by atoms with van der Waals surface area (Å²) in [6.45, 7) is -0.155. The van der Waals surface area contributed by atoms with Gasteiger partial charge in [0.25, 0.3) is 0 Å². The maximum absolute atomic E-state index is 9.44. The lowest BCUT2D eigenvalue weighted by atomic mass is 10.00. The molecule has 0 aliphatic carbocycles. The number of aliphatic hydroxyl groups is 4. The van der Waals surface area contributed by atoms with Crippen molar-refractivity contribution in [1.82, 2.24) is 5.32 Å². The molecule has 1 rings (SSSR count). The quantitative estimate of drug-likeness (QED) is 0.255. The number of hydrogen-bond donors (Lipinski definition) is 6. The minimum atomic E-state index is -1.22. The molecule has 0 aromatic heterocycles. The van der Waals surface area contributed by atoms with Crippen LogP contribution in [0.2, 0.25) is 0 Å². The van der Waals surface area contributed by atoms with Gasteiger partial charge < -0.3 is 31.5 Å². The Kier molecular flexibility index (Phi) is 3.60. The average Bonchev–Trinajstić information content (AvgIpc) is 2.22. The summed E-state index contributed by atoms with van der Waals surface area (Å²) in [6, 6.07) is -1.53. The lowest BCUT2D eigenvalue weighted by Gasteiger charge is -2.25. The van der Waals surface area contributed by atoms with E-state index in [1.165, 1.54) is 0 Å². The average molecular weight is 192 g/mol. The Hall–Kier alpha value is -0.240. The number of β-amino-alcohol motifs (C(OH)–C–C–N with tert-alkyl or cyclic N) is 1. The zero-order valence-electron chi connectivity index (χ0n) is 7.17. The first kappa shape index (κ1) is 10.8. The van der Waals surface area contributed by atoms with Crippen LogP contribution in [0.4, 0.5) is 0 Å². The molecule has 1 fully saturated rings. The Morgan fingerprint density at radius 3 is 2.38 bits per heavy atom. The van der Waals surface area contributed by atoms with Crippen molar-refractivity contribution in [2.75, 3.05) is 13.2 Å². The number of nitrogens with two attached hydrogens (primary N) is 1. The molecular formula is C7H16N2O4. The highest BCUT2D eigenvalue weighted by atomic mass is 16.3. The molecule has 0 spiro atoms. The summed E-state index contributed by atoms with van der Waals surface area (Å²) in [5.41, 5.74) is 5.45. The molecule has 7 N–H and O–H groups in total. The second-order valence-corrected chi connectivity index (χ2v) is 3.32. The lowest BCUT2D eigenvalue weighted by Crippen LogP contribution is -2.52. The Labute approximate surface area is 76.0 Å². The van der Waals surface area contributed by atoms with Gasteiger partial charge in [-0.3, -0.25) is 0 Å². The minimum absolute atomic E-state index is 0.153. The normalized spacial score (nSPS) is 47.3. The van der Waals surface area contributed by atoms with E-state index in [4.69, 9.17) is 10.8 Å². The van der Waals surface area contributed by atoms with Gasteiger partial charge in [0.2, 0.25) is 0 Å².